The van der Waals surface area contributed by atoms with Crippen molar-refractivity contribution in [2.45, 2.75) is 64.5 Å². The van der Waals surface area contributed by atoms with Gasteiger partial charge in [-0.05, 0) is 68.2 Å². The summed E-state index contributed by atoms with van der Waals surface area (Å²) in [6, 6.07) is 23.1. The van der Waals surface area contributed by atoms with Crippen molar-refractivity contribution >= 4 is 17.6 Å². The Morgan fingerprint density at radius 2 is 1.63 bits per heavy atom. The molecule has 2 aliphatic rings. The zero-order valence-corrected chi connectivity index (χ0v) is 24.2. The van der Waals surface area contributed by atoms with Gasteiger partial charge in [0.2, 0.25) is 5.91 Å². The topological polar surface area (TPSA) is 78.5 Å². The molecule has 3 aromatic rings. The number of hydrogen-bond donors (Lipinski definition) is 2. The number of carbonyl (C=O) groups is 3. The van der Waals surface area contributed by atoms with Crippen molar-refractivity contribution < 1.29 is 14.4 Å². The predicted molar refractivity (Wildman–Crippen MR) is 163 cm³/mol. The van der Waals surface area contributed by atoms with Gasteiger partial charge in [-0.1, -0.05) is 80.6 Å². The van der Waals surface area contributed by atoms with Gasteiger partial charge in [-0.25, -0.2) is 0 Å². The summed E-state index contributed by atoms with van der Waals surface area (Å²) in [4.78, 5) is 42.0. The second-order valence-corrected chi connectivity index (χ2v) is 11.8. The number of likely N-dealkylation sites (tertiary alicyclic amines) is 1. The van der Waals surface area contributed by atoms with Crippen molar-refractivity contribution in [1.29, 1.82) is 0 Å². The molecular weight excluding hydrogens is 510 g/mol. The fraction of sp³-hybridized carbons (Fsp3) is 0.400. The third kappa shape index (κ3) is 6.76. The highest BCUT2D eigenvalue weighted by Gasteiger charge is 2.34. The van der Waals surface area contributed by atoms with Crippen LogP contribution in [0.15, 0.2) is 72.8 Å². The molecule has 6 nitrogen and oxygen atoms in total. The molecular formula is C35H41N3O3. The van der Waals surface area contributed by atoms with Crippen LogP contribution in [0, 0.1) is 5.92 Å². The van der Waals surface area contributed by atoms with Gasteiger partial charge in [0.1, 0.15) is 0 Å². The second-order valence-electron chi connectivity index (χ2n) is 11.8. The van der Waals surface area contributed by atoms with Crippen molar-refractivity contribution in [1.82, 2.24) is 15.5 Å². The van der Waals surface area contributed by atoms with E-state index in [9.17, 15) is 14.4 Å². The Hall–Kier alpha value is -3.77. The van der Waals surface area contributed by atoms with Crippen LogP contribution in [0.4, 0.5) is 0 Å². The molecule has 3 aromatic carbocycles. The molecule has 2 amide bonds. The molecule has 0 radical (unpaired) electrons. The lowest BCUT2D eigenvalue weighted by Gasteiger charge is -2.30. The number of benzene rings is 3. The van der Waals surface area contributed by atoms with Crippen molar-refractivity contribution in [3.05, 3.63) is 95.1 Å². The van der Waals surface area contributed by atoms with Gasteiger partial charge in [0.05, 0.1) is 6.04 Å². The van der Waals surface area contributed by atoms with Gasteiger partial charge in [0.15, 0.2) is 5.78 Å². The highest BCUT2D eigenvalue weighted by molar-refractivity contribution is 6.24. The quantitative estimate of drug-likeness (QED) is 0.223. The van der Waals surface area contributed by atoms with E-state index in [0.29, 0.717) is 35.7 Å². The molecule has 0 saturated carbocycles. The maximum absolute atomic E-state index is 13.7. The first-order valence-corrected chi connectivity index (χ1v) is 15.1. The Morgan fingerprint density at radius 1 is 0.902 bits per heavy atom. The highest BCUT2D eigenvalue weighted by atomic mass is 16.2. The second kappa shape index (κ2) is 13.3. The van der Waals surface area contributed by atoms with Gasteiger partial charge in [-0.2, -0.15) is 0 Å². The van der Waals surface area contributed by atoms with Gasteiger partial charge in [-0.15, -0.1) is 0 Å². The van der Waals surface area contributed by atoms with Gasteiger partial charge in [0.25, 0.3) is 5.91 Å². The van der Waals surface area contributed by atoms with Gasteiger partial charge < -0.3 is 10.6 Å². The molecule has 1 aliphatic heterocycles. The standard InChI is InChI=1S/C35H41N3O3/c1-24(2)22-26(37-34(40)30-18-10-17-29-32(30)27-15-6-7-16-28(27)33(29)39)23-38-21-11-19-31(38)35(41)36-20-9-8-14-25-12-4-3-5-13-25/h3-7,10,12-13,15-18,24,26,31H,8-9,11,14,19-23H2,1-2H3,(H,36,41)(H,37,40)/t26-,31-/m0/s1. The largest absolute Gasteiger partial charge is 0.355 e. The Kier molecular flexibility index (Phi) is 9.30. The summed E-state index contributed by atoms with van der Waals surface area (Å²) >= 11 is 0. The summed E-state index contributed by atoms with van der Waals surface area (Å²) in [6.45, 7) is 6.46. The van der Waals surface area contributed by atoms with Crippen molar-refractivity contribution in [3.8, 4) is 11.1 Å². The van der Waals surface area contributed by atoms with Gasteiger partial charge >= 0.3 is 0 Å². The van der Waals surface area contributed by atoms with Crippen LogP contribution in [-0.4, -0.2) is 54.2 Å². The van der Waals surface area contributed by atoms with E-state index in [-0.39, 0.29) is 29.7 Å². The first-order valence-electron chi connectivity index (χ1n) is 15.1. The van der Waals surface area contributed by atoms with Crippen LogP contribution in [0.25, 0.3) is 11.1 Å². The molecule has 214 valence electrons. The summed E-state index contributed by atoms with van der Waals surface area (Å²) in [5, 5.41) is 6.44. The van der Waals surface area contributed by atoms with E-state index in [0.717, 1.165) is 56.2 Å². The van der Waals surface area contributed by atoms with Crippen LogP contribution in [0.1, 0.15) is 77.8 Å². The molecule has 0 spiro atoms. The number of aryl methyl sites for hydroxylation is 1. The number of fused-ring (bicyclic) bond motifs is 3. The van der Waals surface area contributed by atoms with Crippen LogP contribution >= 0.6 is 0 Å². The first-order chi connectivity index (χ1) is 19.9. The Balaban J connectivity index is 1.20. The van der Waals surface area contributed by atoms with E-state index in [2.05, 4.69) is 53.6 Å². The SMILES string of the molecule is CC(C)C[C@@H](CN1CCC[C@H]1C(=O)NCCCCc1ccccc1)NC(=O)c1cccc2c1-c1ccccc1C2=O. The third-order valence-electron chi connectivity index (χ3n) is 8.24. The Morgan fingerprint density at radius 3 is 2.41 bits per heavy atom. The minimum atomic E-state index is -0.171. The molecule has 2 atom stereocenters. The van der Waals surface area contributed by atoms with Crippen LogP contribution < -0.4 is 10.6 Å². The number of unbranched alkanes of at least 4 members (excludes halogenated alkanes) is 1. The van der Waals surface area contributed by atoms with E-state index in [1.807, 2.05) is 30.3 Å². The fourth-order valence-electron chi connectivity index (χ4n) is 6.33. The monoisotopic (exact) mass is 551 g/mol. The van der Waals surface area contributed by atoms with E-state index < -0.39 is 0 Å². The Bertz CT molecular complexity index is 1380. The van der Waals surface area contributed by atoms with Gasteiger partial charge in [0, 0.05) is 41.4 Å². The summed E-state index contributed by atoms with van der Waals surface area (Å²) < 4.78 is 0. The minimum absolute atomic E-state index is 0.0324. The van der Waals surface area contributed by atoms with Crippen LogP contribution in [-0.2, 0) is 11.2 Å². The Labute approximate surface area is 243 Å². The number of carbonyl (C=O) groups excluding carboxylic acids is 3. The lowest BCUT2D eigenvalue weighted by atomic mass is 9.97. The van der Waals surface area contributed by atoms with Gasteiger partial charge in [-0.3, -0.25) is 19.3 Å². The molecule has 2 N–H and O–H groups in total. The molecule has 1 saturated heterocycles. The summed E-state index contributed by atoms with van der Waals surface area (Å²) in [5.74, 6) is 0.266. The predicted octanol–water partition coefficient (Wildman–Crippen LogP) is 5.65. The van der Waals surface area contributed by atoms with Crippen LogP contribution in [0.5, 0.6) is 0 Å². The maximum Gasteiger partial charge on any atom is 0.252 e. The average molecular weight is 552 g/mol. The number of amides is 2. The summed E-state index contributed by atoms with van der Waals surface area (Å²) in [5.41, 5.74) is 4.63. The zero-order chi connectivity index (χ0) is 28.8. The fourth-order valence-corrected chi connectivity index (χ4v) is 6.33. The molecule has 0 aromatic heterocycles. The smallest absolute Gasteiger partial charge is 0.252 e. The molecule has 5 rings (SSSR count). The molecule has 0 unspecified atom stereocenters. The maximum atomic E-state index is 13.7. The first kappa shape index (κ1) is 28.7. The molecule has 1 heterocycles. The van der Waals surface area contributed by atoms with E-state index in [1.165, 1.54) is 5.56 Å². The summed E-state index contributed by atoms with van der Waals surface area (Å²) in [7, 11) is 0. The highest BCUT2D eigenvalue weighted by Crippen LogP contribution is 2.38. The summed E-state index contributed by atoms with van der Waals surface area (Å²) in [6.07, 6.45) is 5.63. The average Bonchev–Trinajstić information content (AvgIpc) is 3.55. The lowest BCUT2D eigenvalue weighted by molar-refractivity contribution is -0.125. The number of ketones is 1. The number of nitrogens with zero attached hydrogens (tertiary/aromatic N) is 1. The molecule has 0 bridgehead atoms. The molecule has 6 heteroatoms. The van der Waals surface area contributed by atoms with E-state index >= 15 is 0 Å². The normalized spacial score (nSPS) is 16.9. The van der Waals surface area contributed by atoms with Crippen LogP contribution in [0.3, 0.4) is 0 Å². The number of rotatable bonds is 12. The van der Waals surface area contributed by atoms with Crippen molar-refractivity contribution in [3.63, 3.8) is 0 Å². The number of hydrogen-bond acceptors (Lipinski definition) is 4. The zero-order valence-electron chi connectivity index (χ0n) is 24.2. The molecule has 41 heavy (non-hydrogen) atoms. The van der Waals surface area contributed by atoms with E-state index in [1.54, 1.807) is 18.2 Å². The van der Waals surface area contributed by atoms with Crippen molar-refractivity contribution in [2.75, 3.05) is 19.6 Å². The van der Waals surface area contributed by atoms with Crippen molar-refractivity contribution in [2.24, 2.45) is 5.92 Å². The molecule has 1 fully saturated rings. The van der Waals surface area contributed by atoms with E-state index in [4.69, 9.17) is 0 Å². The van der Waals surface area contributed by atoms with Crippen LogP contribution in [0.2, 0.25) is 0 Å². The minimum Gasteiger partial charge on any atom is -0.355 e. The number of nitrogens with one attached hydrogen (secondary N) is 2. The molecule has 1 aliphatic carbocycles. The lowest BCUT2D eigenvalue weighted by Crippen LogP contribution is -2.50. The third-order valence-corrected chi connectivity index (χ3v) is 8.24.